The monoisotopic (exact) mass is 285 g/mol. The van der Waals surface area contributed by atoms with Gasteiger partial charge < -0.3 is 14.7 Å². The van der Waals surface area contributed by atoms with Crippen molar-refractivity contribution >= 4 is 5.91 Å². The molecule has 1 aliphatic rings. The van der Waals surface area contributed by atoms with E-state index in [9.17, 15) is 4.79 Å². The highest BCUT2D eigenvalue weighted by Gasteiger charge is 2.27. The smallest absolute Gasteiger partial charge is 0.292 e. The summed E-state index contributed by atoms with van der Waals surface area (Å²) in [5, 5.41) is 7.29. The van der Waals surface area contributed by atoms with Gasteiger partial charge in [-0.15, -0.1) is 0 Å². The standard InChI is InChI=1S/C16H19N3O2/c1-11-3-5-13(6-4-11)14-9-15(21-18-14)16(20)19-8-7-17-10-12(19)2/h3-6,9,12,17H,7-8,10H2,1-2H3. The van der Waals surface area contributed by atoms with Gasteiger partial charge in [0, 0.05) is 37.3 Å². The second-order valence-electron chi connectivity index (χ2n) is 5.49. The lowest BCUT2D eigenvalue weighted by molar-refractivity contribution is 0.0613. The van der Waals surface area contributed by atoms with Crippen molar-refractivity contribution in [1.29, 1.82) is 0 Å². The molecular weight excluding hydrogens is 266 g/mol. The zero-order chi connectivity index (χ0) is 14.8. The molecule has 110 valence electrons. The Balaban J connectivity index is 1.81. The molecule has 1 unspecified atom stereocenters. The number of piperazine rings is 1. The van der Waals surface area contributed by atoms with Crippen molar-refractivity contribution in [2.45, 2.75) is 19.9 Å². The van der Waals surface area contributed by atoms with Crippen LogP contribution in [0.5, 0.6) is 0 Å². The normalized spacial score (nSPS) is 18.8. The maximum atomic E-state index is 12.5. The molecule has 1 atom stereocenters. The third kappa shape index (κ3) is 2.83. The highest BCUT2D eigenvalue weighted by molar-refractivity contribution is 5.92. The Morgan fingerprint density at radius 1 is 1.38 bits per heavy atom. The lowest BCUT2D eigenvalue weighted by Crippen LogP contribution is -2.52. The first kappa shape index (κ1) is 13.8. The molecule has 3 rings (SSSR count). The Labute approximate surface area is 123 Å². The van der Waals surface area contributed by atoms with Crippen LogP contribution in [0.3, 0.4) is 0 Å². The predicted octanol–water partition coefficient (Wildman–Crippen LogP) is 2.08. The van der Waals surface area contributed by atoms with E-state index in [1.807, 2.05) is 43.0 Å². The Hall–Kier alpha value is -2.14. The van der Waals surface area contributed by atoms with Crippen molar-refractivity contribution < 1.29 is 9.32 Å². The zero-order valence-electron chi connectivity index (χ0n) is 12.3. The van der Waals surface area contributed by atoms with Crippen LogP contribution in [-0.4, -0.2) is 41.6 Å². The fraction of sp³-hybridized carbons (Fsp3) is 0.375. The number of carbonyl (C=O) groups is 1. The summed E-state index contributed by atoms with van der Waals surface area (Å²) in [6.45, 7) is 6.38. The first-order valence-corrected chi connectivity index (χ1v) is 7.20. The van der Waals surface area contributed by atoms with E-state index >= 15 is 0 Å². The minimum absolute atomic E-state index is 0.0881. The van der Waals surface area contributed by atoms with Gasteiger partial charge in [0.1, 0.15) is 5.69 Å². The van der Waals surface area contributed by atoms with Gasteiger partial charge in [-0.1, -0.05) is 35.0 Å². The molecular formula is C16H19N3O2. The molecule has 1 aromatic carbocycles. The molecule has 5 nitrogen and oxygen atoms in total. The summed E-state index contributed by atoms with van der Waals surface area (Å²) in [7, 11) is 0. The molecule has 2 aromatic rings. The summed E-state index contributed by atoms with van der Waals surface area (Å²) >= 11 is 0. The summed E-state index contributed by atoms with van der Waals surface area (Å²) in [6.07, 6.45) is 0. The van der Waals surface area contributed by atoms with Gasteiger partial charge in [0.05, 0.1) is 0 Å². The summed E-state index contributed by atoms with van der Waals surface area (Å²) < 4.78 is 5.25. The number of nitrogens with zero attached hydrogens (tertiary/aromatic N) is 2. The van der Waals surface area contributed by atoms with Crippen LogP contribution in [0.1, 0.15) is 23.0 Å². The largest absolute Gasteiger partial charge is 0.350 e. The Kier molecular flexibility index (Phi) is 3.75. The number of hydrogen-bond donors (Lipinski definition) is 1. The SMILES string of the molecule is Cc1ccc(-c2cc(C(=O)N3CCNCC3C)on2)cc1. The predicted molar refractivity (Wildman–Crippen MR) is 80.0 cm³/mol. The third-order valence-electron chi connectivity index (χ3n) is 3.83. The van der Waals surface area contributed by atoms with Gasteiger partial charge in [0.2, 0.25) is 5.76 Å². The second-order valence-corrected chi connectivity index (χ2v) is 5.49. The maximum Gasteiger partial charge on any atom is 0.292 e. The van der Waals surface area contributed by atoms with Gasteiger partial charge in [-0.2, -0.15) is 0 Å². The van der Waals surface area contributed by atoms with Crippen molar-refractivity contribution in [2.24, 2.45) is 0 Å². The Morgan fingerprint density at radius 3 is 2.86 bits per heavy atom. The second kappa shape index (κ2) is 5.69. The van der Waals surface area contributed by atoms with Gasteiger partial charge in [0.25, 0.3) is 5.91 Å². The average molecular weight is 285 g/mol. The highest BCUT2D eigenvalue weighted by atomic mass is 16.5. The van der Waals surface area contributed by atoms with Crippen molar-refractivity contribution in [3.05, 3.63) is 41.7 Å². The number of rotatable bonds is 2. The summed E-state index contributed by atoms with van der Waals surface area (Å²) in [5.74, 6) is 0.217. The molecule has 5 heteroatoms. The first-order chi connectivity index (χ1) is 10.1. The lowest BCUT2D eigenvalue weighted by Gasteiger charge is -2.33. The molecule has 0 spiro atoms. The summed E-state index contributed by atoms with van der Waals surface area (Å²) in [4.78, 5) is 14.3. The van der Waals surface area contributed by atoms with Crippen LogP contribution in [0.15, 0.2) is 34.9 Å². The van der Waals surface area contributed by atoms with E-state index < -0.39 is 0 Å². The van der Waals surface area contributed by atoms with E-state index in [0.717, 1.165) is 18.7 Å². The van der Waals surface area contributed by atoms with Gasteiger partial charge in [-0.3, -0.25) is 4.79 Å². The number of aromatic nitrogens is 1. The molecule has 1 aliphatic heterocycles. The van der Waals surface area contributed by atoms with E-state index in [2.05, 4.69) is 10.5 Å². The molecule has 1 fully saturated rings. The minimum Gasteiger partial charge on any atom is -0.350 e. The molecule has 1 N–H and O–H groups in total. The van der Waals surface area contributed by atoms with E-state index in [4.69, 9.17) is 4.52 Å². The van der Waals surface area contributed by atoms with E-state index in [1.54, 1.807) is 6.07 Å². The van der Waals surface area contributed by atoms with Crippen molar-refractivity contribution in [3.63, 3.8) is 0 Å². The molecule has 0 aliphatic carbocycles. The molecule has 2 heterocycles. The van der Waals surface area contributed by atoms with E-state index in [-0.39, 0.29) is 11.9 Å². The van der Waals surface area contributed by atoms with Crippen LogP contribution in [0, 0.1) is 6.92 Å². The average Bonchev–Trinajstić information content (AvgIpc) is 2.98. The minimum atomic E-state index is -0.0881. The van der Waals surface area contributed by atoms with Crippen LogP contribution >= 0.6 is 0 Å². The molecule has 0 radical (unpaired) electrons. The number of nitrogens with one attached hydrogen (secondary N) is 1. The number of carbonyl (C=O) groups excluding carboxylic acids is 1. The van der Waals surface area contributed by atoms with Crippen molar-refractivity contribution in [3.8, 4) is 11.3 Å². The van der Waals surface area contributed by atoms with Gasteiger partial charge in [-0.25, -0.2) is 0 Å². The Morgan fingerprint density at radius 2 is 2.14 bits per heavy atom. The van der Waals surface area contributed by atoms with E-state index in [0.29, 0.717) is 18.0 Å². The lowest BCUT2D eigenvalue weighted by atomic mass is 10.1. The molecule has 1 aromatic heterocycles. The number of aryl methyl sites for hydroxylation is 1. The zero-order valence-corrected chi connectivity index (χ0v) is 12.3. The molecule has 0 bridgehead atoms. The van der Waals surface area contributed by atoms with Crippen LogP contribution in [0.4, 0.5) is 0 Å². The third-order valence-corrected chi connectivity index (χ3v) is 3.83. The Bertz CT molecular complexity index is 633. The maximum absolute atomic E-state index is 12.5. The summed E-state index contributed by atoms with van der Waals surface area (Å²) in [6, 6.07) is 9.89. The fourth-order valence-electron chi connectivity index (χ4n) is 2.52. The fourth-order valence-corrected chi connectivity index (χ4v) is 2.52. The first-order valence-electron chi connectivity index (χ1n) is 7.20. The van der Waals surface area contributed by atoms with Gasteiger partial charge in [0.15, 0.2) is 0 Å². The molecule has 1 amide bonds. The van der Waals surface area contributed by atoms with Crippen molar-refractivity contribution in [2.75, 3.05) is 19.6 Å². The number of benzene rings is 1. The van der Waals surface area contributed by atoms with E-state index in [1.165, 1.54) is 5.56 Å². The van der Waals surface area contributed by atoms with Gasteiger partial charge >= 0.3 is 0 Å². The summed E-state index contributed by atoms with van der Waals surface area (Å²) in [5.41, 5.74) is 2.84. The van der Waals surface area contributed by atoms with Crippen molar-refractivity contribution in [1.82, 2.24) is 15.4 Å². The number of hydrogen-bond acceptors (Lipinski definition) is 4. The van der Waals surface area contributed by atoms with Crippen LogP contribution in [0.2, 0.25) is 0 Å². The highest BCUT2D eigenvalue weighted by Crippen LogP contribution is 2.21. The molecule has 0 saturated carbocycles. The topological polar surface area (TPSA) is 58.4 Å². The number of amides is 1. The van der Waals surface area contributed by atoms with Crippen LogP contribution < -0.4 is 5.32 Å². The quantitative estimate of drug-likeness (QED) is 0.918. The van der Waals surface area contributed by atoms with Gasteiger partial charge in [-0.05, 0) is 13.8 Å². The van der Waals surface area contributed by atoms with Crippen LogP contribution in [-0.2, 0) is 0 Å². The molecule has 21 heavy (non-hydrogen) atoms. The molecule has 1 saturated heterocycles. The van der Waals surface area contributed by atoms with Crippen LogP contribution in [0.25, 0.3) is 11.3 Å².